The van der Waals surface area contributed by atoms with E-state index in [0.717, 1.165) is 7.11 Å². The maximum absolute atomic E-state index is 15.5. The number of fused-ring (bicyclic) bond motifs is 4. The maximum Gasteiger partial charge on any atom is 0.407 e. The van der Waals surface area contributed by atoms with Crippen molar-refractivity contribution in [2.24, 2.45) is 40.9 Å². The van der Waals surface area contributed by atoms with E-state index in [1.54, 1.807) is 32.9 Å². The third kappa shape index (κ3) is 13.0. The number of carbonyl (C=O) groups excluding carboxylic acids is 5. The number of ether oxygens (including phenoxy) is 12. The summed E-state index contributed by atoms with van der Waals surface area (Å²) < 4.78 is 74.6. The summed E-state index contributed by atoms with van der Waals surface area (Å²) in [5, 5.41) is 61.8. The Morgan fingerprint density at radius 2 is 1.43 bits per heavy atom. The molecule has 6 aliphatic heterocycles. The molecule has 0 aromatic rings. The summed E-state index contributed by atoms with van der Waals surface area (Å²) in [5.41, 5.74) is -4.92. The van der Waals surface area contributed by atoms with Crippen LogP contribution in [0.3, 0.4) is 0 Å². The lowest BCUT2D eigenvalue weighted by Crippen LogP contribution is -2.65. The number of rotatable bonds is 14. The van der Waals surface area contributed by atoms with Gasteiger partial charge in [0, 0.05) is 61.2 Å². The van der Waals surface area contributed by atoms with Crippen LogP contribution in [0.15, 0.2) is 70.3 Å². The summed E-state index contributed by atoms with van der Waals surface area (Å²) >= 11 is 0. The Hall–Kier alpha value is -5.29. The van der Waals surface area contributed by atoms with Gasteiger partial charge in [0.1, 0.15) is 29.8 Å². The van der Waals surface area contributed by atoms with Crippen molar-refractivity contribution in [1.82, 2.24) is 5.32 Å². The molecule has 6 heterocycles. The minimum absolute atomic E-state index is 0.000102. The molecule has 5 saturated heterocycles. The third-order valence-electron chi connectivity index (χ3n) is 21.0. The minimum atomic E-state index is -2.20. The van der Waals surface area contributed by atoms with Gasteiger partial charge in [0.05, 0.1) is 86.6 Å². The number of hydrogen-bond acceptors (Lipinski definition) is 23. The molecule has 27 atom stereocenters. The fraction of sp³-hybridized carbons (Fsp3) is 0.738. The van der Waals surface area contributed by atoms with Crippen LogP contribution in [0.25, 0.3) is 0 Å². The highest BCUT2D eigenvalue weighted by Gasteiger charge is 2.65. The molecule has 1 amide bonds. The first-order valence-corrected chi connectivity index (χ1v) is 31.8. The molecule has 27 unspecified atom stereocenters. The molecule has 1 saturated carbocycles. The maximum atomic E-state index is 15.5. The number of alkyl carbamates (subject to hydrolysis) is 1. The number of hydrogen-bond donors (Lipinski definition) is 5. The van der Waals surface area contributed by atoms with Gasteiger partial charge in [-0.3, -0.25) is 24.5 Å². The lowest BCUT2D eigenvalue weighted by Gasteiger charge is -2.56. The average molecular weight is 1270 g/mol. The first kappa shape index (κ1) is 67.6. The summed E-state index contributed by atoms with van der Waals surface area (Å²) in [7, 11) is 1.14. The van der Waals surface area contributed by atoms with E-state index in [9.17, 15) is 49.7 Å². The molecule has 4 aliphatic carbocycles. The monoisotopic (exact) mass is 1270 g/mol. The fourth-order valence-corrected chi connectivity index (χ4v) is 16.2. The summed E-state index contributed by atoms with van der Waals surface area (Å²) in [6.45, 7) is 17.9. The van der Waals surface area contributed by atoms with Crippen molar-refractivity contribution in [3.8, 4) is 0 Å². The van der Waals surface area contributed by atoms with Crippen molar-refractivity contribution in [3.05, 3.63) is 80.4 Å². The highest BCUT2D eigenvalue weighted by molar-refractivity contribution is 6.26. The van der Waals surface area contributed by atoms with E-state index in [1.807, 2.05) is 52.8 Å². The molecule has 0 radical (unpaired) electrons. The second-order valence-corrected chi connectivity index (χ2v) is 27.1. The third-order valence-corrected chi connectivity index (χ3v) is 21.0. The number of ketones is 1. The number of carbonyl (C=O) groups is 5. The quantitative estimate of drug-likeness (QED) is 0.0326. The van der Waals surface area contributed by atoms with Crippen molar-refractivity contribution >= 4 is 30.4 Å². The predicted molar refractivity (Wildman–Crippen MR) is 314 cm³/mol. The Balaban J connectivity index is 0.886. The minimum Gasteiger partial charge on any atom is -0.511 e. The van der Waals surface area contributed by atoms with E-state index < -0.39 is 191 Å². The Morgan fingerprint density at radius 3 is 2.11 bits per heavy atom. The molecule has 25 nitrogen and oxygen atoms in total. The summed E-state index contributed by atoms with van der Waals surface area (Å²) in [4.78, 5) is 80.1. The van der Waals surface area contributed by atoms with Gasteiger partial charge in [-0.15, -0.1) is 0 Å². The molecule has 0 aromatic heterocycles. The fourth-order valence-electron chi connectivity index (χ4n) is 16.2. The topological polar surface area (TPSA) is 332 Å². The van der Waals surface area contributed by atoms with Gasteiger partial charge in [-0.1, -0.05) is 50.6 Å². The number of aliphatic hydroxyl groups excluding tert-OH is 4. The molecular formula is C65H90N2O23. The number of methoxy groups -OCH3 is 1. The van der Waals surface area contributed by atoms with E-state index in [2.05, 4.69) is 12.2 Å². The lowest BCUT2D eigenvalue weighted by molar-refractivity contribution is -0.584. The Bertz CT molecular complexity index is 2910. The Morgan fingerprint density at radius 1 is 0.744 bits per heavy atom. The highest BCUT2D eigenvalue weighted by Crippen LogP contribution is 2.61. The number of allylic oxidation sites excluding steroid dienone is 4. The van der Waals surface area contributed by atoms with Gasteiger partial charge in [0.25, 0.3) is 0 Å². The number of aldehydes is 2. The molecule has 1 spiro atoms. The zero-order valence-electron chi connectivity index (χ0n) is 53.0. The molecule has 90 heavy (non-hydrogen) atoms. The van der Waals surface area contributed by atoms with Gasteiger partial charge in [0.15, 0.2) is 42.8 Å². The van der Waals surface area contributed by atoms with Gasteiger partial charge in [0.2, 0.25) is 17.6 Å². The molecule has 10 rings (SSSR count). The van der Waals surface area contributed by atoms with Crippen molar-refractivity contribution < 1.29 is 106 Å². The number of nitro groups is 1. The summed E-state index contributed by atoms with van der Waals surface area (Å²) in [5.74, 6) is -5.96. The van der Waals surface area contributed by atoms with Gasteiger partial charge in [-0.05, 0) is 108 Å². The summed E-state index contributed by atoms with van der Waals surface area (Å²) in [6.07, 6.45) is -0.204. The predicted octanol–water partition coefficient (Wildman–Crippen LogP) is 6.12. The van der Waals surface area contributed by atoms with Gasteiger partial charge in [-0.25, -0.2) is 9.59 Å². The van der Waals surface area contributed by atoms with Crippen molar-refractivity contribution in [2.75, 3.05) is 7.11 Å². The van der Waals surface area contributed by atoms with Crippen molar-refractivity contribution in [3.63, 3.8) is 0 Å². The molecule has 10 aliphatic rings. The molecule has 2 bridgehead atoms. The number of aliphatic hydroxyl groups is 4. The lowest BCUT2D eigenvalue weighted by atomic mass is 9.49. The zero-order valence-corrected chi connectivity index (χ0v) is 53.0. The van der Waals surface area contributed by atoms with Crippen LogP contribution in [-0.4, -0.2) is 185 Å². The van der Waals surface area contributed by atoms with E-state index in [-0.39, 0.29) is 48.9 Å². The van der Waals surface area contributed by atoms with Gasteiger partial charge < -0.3 is 82.6 Å². The number of esters is 1. The molecular weight excluding hydrogens is 1180 g/mol. The second kappa shape index (κ2) is 27.0. The second-order valence-electron chi connectivity index (χ2n) is 27.1. The molecule has 498 valence electrons. The number of nitrogens with one attached hydrogen (secondary N) is 1. The van der Waals surface area contributed by atoms with Crippen LogP contribution in [-0.2, 0) is 76.0 Å². The summed E-state index contributed by atoms with van der Waals surface area (Å²) in [6, 6.07) is -1.12. The first-order valence-electron chi connectivity index (χ1n) is 31.8. The molecule has 6 fully saturated rings. The van der Waals surface area contributed by atoms with Crippen LogP contribution >= 0.6 is 0 Å². The van der Waals surface area contributed by atoms with Crippen LogP contribution in [0.1, 0.15) is 133 Å². The van der Waals surface area contributed by atoms with Crippen LogP contribution in [0, 0.1) is 51.0 Å². The SMILES string of the molecule is COC(=O)NC1C(C)OC(OC2C/C=C(\C)C3C=CC4C(OC5CC(OC6CCC(OC7CC(O)C(OC8CCC(O)C(C)O8)C(C)O7)C(C)O6)C=C(C=O)O5)C(C)CC(C)C4C3(C)/C(O)=C3\C(=O)OC4(CC(C=O)=CC(O)C4/C=C/2C)C3=O)CC1(C)[N+](=O)[O-]. The van der Waals surface area contributed by atoms with E-state index in [1.165, 1.54) is 13.0 Å². The largest absolute Gasteiger partial charge is 0.511 e. The number of nitrogens with zero attached hydrogens (tertiary/aromatic N) is 1. The Kier molecular flexibility index (Phi) is 20.3. The first-order chi connectivity index (χ1) is 42.6. The van der Waals surface area contributed by atoms with Crippen molar-refractivity contribution in [1.29, 1.82) is 0 Å². The normalized spacial score (nSPS) is 47.6. The van der Waals surface area contributed by atoms with Crippen molar-refractivity contribution in [2.45, 2.75) is 255 Å². The highest BCUT2D eigenvalue weighted by atomic mass is 16.7. The molecule has 5 N–H and O–H groups in total. The average Bonchev–Trinajstić information content (AvgIpc) is 1.73. The zero-order chi connectivity index (χ0) is 65.1. The van der Waals surface area contributed by atoms with Crippen LogP contribution in [0.2, 0.25) is 0 Å². The molecule has 0 aromatic carbocycles. The number of amides is 1. The van der Waals surface area contributed by atoms with Crippen LogP contribution in [0.4, 0.5) is 4.79 Å². The van der Waals surface area contributed by atoms with Crippen LogP contribution in [0.5, 0.6) is 0 Å². The Labute approximate surface area is 523 Å². The standard InChI is InChI=1S/C65H90N2O23/c1-30-12-16-47(86-53-27-63(9,67(77)78)58(37(8)83-53)66-62(76)79-11)31(2)21-43-45(71)22-38(28-68)26-65(43)60(74)54(61(75)90-65)59(73)64(10)42(30)14-13-41-55(64)32(3)20-33(4)56(41)89-51-24-39(23-40(29-69)85-51)84-49-19-17-48(35(6)81-49)87-52-25-46(72)57(36(7)82-52)88-50-18-15-44(70)34(5)80-50/h12-14,21-23,28-29,32-37,39,41-53,55-58,70-73H,15-20,24-27H2,1-11H3,(H,66,76)/b30-12+,31-21+,59-54+. The van der Waals surface area contributed by atoms with Crippen LogP contribution < -0.4 is 5.32 Å². The van der Waals surface area contributed by atoms with Gasteiger partial charge in [-0.2, -0.15) is 0 Å². The van der Waals surface area contributed by atoms with E-state index >= 15 is 4.79 Å². The van der Waals surface area contributed by atoms with E-state index in [0.29, 0.717) is 55.8 Å². The molecule has 25 heteroatoms. The van der Waals surface area contributed by atoms with E-state index in [4.69, 9.17) is 56.8 Å². The smallest absolute Gasteiger partial charge is 0.407 e. The number of Topliss-reactive ketones (excluding diaryl/α,β-unsaturated/α-hetero) is 1. The van der Waals surface area contributed by atoms with Gasteiger partial charge >= 0.3 is 12.1 Å².